The molecule has 1 heteroatoms. The van der Waals surface area contributed by atoms with E-state index in [1.54, 1.807) is 5.98 Å². The van der Waals surface area contributed by atoms with E-state index in [4.69, 9.17) is 7.85 Å². The third kappa shape index (κ3) is 1.37. The maximum atomic E-state index is 5.39. The third-order valence-electron chi connectivity index (χ3n) is 4.58. The molecule has 0 aromatic carbocycles. The topological polar surface area (TPSA) is 0 Å². The molecule has 0 heterocycles. The van der Waals surface area contributed by atoms with E-state index in [0.29, 0.717) is 5.41 Å². The van der Waals surface area contributed by atoms with Gasteiger partial charge in [-0.3, -0.25) is 0 Å². The maximum absolute atomic E-state index is 5.39. The summed E-state index contributed by atoms with van der Waals surface area (Å²) in [7, 11) is 5.39. The van der Waals surface area contributed by atoms with Gasteiger partial charge >= 0.3 is 0 Å². The standard InChI is InChI=1S/C12H19B/c1-12(2)10-6-5-9(4-3-7-13)11(12)8-10/h3,7,9-11H,4-6,8H2,1-2H3/b7-3-/t9-,10+,11+/m0/s1. The van der Waals surface area contributed by atoms with Gasteiger partial charge in [0.2, 0.25) is 0 Å². The van der Waals surface area contributed by atoms with Crippen molar-refractivity contribution in [2.75, 3.05) is 0 Å². The summed E-state index contributed by atoms with van der Waals surface area (Å²) in [5.74, 6) is 4.62. The minimum absolute atomic E-state index is 0.630. The molecule has 0 spiro atoms. The van der Waals surface area contributed by atoms with Gasteiger partial charge in [0.25, 0.3) is 0 Å². The Balaban J connectivity index is 1.99. The Bertz CT molecular complexity index is 215. The average Bonchev–Trinajstić information content (AvgIpc) is 2.14. The van der Waals surface area contributed by atoms with Crippen molar-refractivity contribution in [1.82, 2.24) is 0 Å². The summed E-state index contributed by atoms with van der Waals surface area (Å²) in [6.07, 6.45) is 7.71. The molecule has 0 unspecified atom stereocenters. The molecule has 0 aromatic rings. The second-order valence-electron chi connectivity index (χ2n) is 5.36. The van der Waals surface area contributed by atoms with Crippen LogP contribution in [-0.2, 0) is 0 Å². The van der Waals surface area contributed by atoms with Crippen LogP contribution in [0.15, 0.2) is 12.1 Å². The first-order valence-corrected chi connectivity index (χ1v) is 5.53. The molecule has 0 saturated heterocycles. The zero-order valence-corrected chi connectivity index (χ0v) is 8.79. The van der Waals surface area contributed by atoms with Crippen LogP contribution in [-0.4, -0.2) is 7.85 Å². The predicted molar refractivity (Wildman–Crippen MR) is 57.6 cm³/mol. The Labute approximate surface area is 83.2 Å². The van der Waals surface area contributed by atoms with Crippen molar-refractivity contribution in [2.45, 2.75) is 39.5 Å². The molecular formula is C12H19B. The van der Waals surface area contributed by atoms with Crippen molar-refractivity contribution < 1.29 is 0 Å². The molecule has 13 heavy (non-hydrogen) atoms. The molecule has 3 rings (SSSR count). The minimum Gasteiger partial charge on any atom is -0.135 e. The summed E-state index contributed by atoms with van der Waals surface area (Å²) in [5, 5.41) is 0. The maximum Gasteiger partial charge on any atom is 0.102 e. The number of hydrogen-bond donors (Lipinski definition) is 0. The van der Waals surface area contributed by atoms with Crippen molar-refractivity contribution in [3.8, 4) is 0 Å². The summed E-state index contributed by atoms with van der Waals surface area (Å²) in [6.45, 7) is 4.90. The van der Waals surface area contributed by atoms with Gasteiger partial charge in [0.15, 0.2) is 0 Å². The first-order chi connectivity index (χ1) is 6.16. The highest BCUT2D eigenvalue weighted by Gasteiger charge is 2.53. The number of fused-ring (bicyclic) bond motifs is 2. The number of hydrogen-bond acceptors (Lipinski definition) is 0. The number of rotatable bonds is 2. The molecule has 3 aliphatic carbocycles. The highest BCUT2D eigenvalue weighted by molar-refractivity contribution is 6.16. The third-order valence-corrected chi connectivity index (χ3v) is 4.58. The number of allylic oxidation sites excluding steroid dienone is 1. The van der Waals surface area contributed by atoms with E-state index >= 15 is 0 Å². The van der Waals surface area contributed by atoms with Crippen LogP contribution in [0, 0.1) is 23.2 Å². The average molecular weight is 174 g/mol. The molecule has 2 radical (unpaired) electrons. The van der Waals surface area contributed by atoms with Crippen LogP contribution in [0.3, 0.4) is 0 Å². The lowest BCUT2D eigenvalue weighted by Crippen LogP contribution is -2.52. The van der Waals surface area contributed by atoms with Gasteiger partial charge in [-0.1, -0.05) is 19.9 Å². The molecule has 3 atom stereocenters. The Morgan fingerprint density at radius 3 is 2.69 bits per heavy atom. The summed E-state index contributed by atoms with van der Waals surface area (Å²) in [5.41, 5.74) is 0.630. The van der Waals surface area contributed by atoms with Crippen LogP contribution in [0.2, 0.25) is 0 Å². The predicted octanol–water partition coefficient (Wildman–Crippen LogP) is 3.13. The fourth-order valence-corrected chi connectivity index (χ4v) is 3.50. The van der Waals surface area contributed by atoms with Crippen molar-refractivity contribution in [1.29, 1.82) is 0 Å². The summed E-state index contributed by atoms with van der Waals surface area (Å²) >= 11 is 0. The minimum atomic E-state index is 0.630. The quantitative estimate of drug-likeness (QED) is 0.564. The fraction of sp³-hybridized carbons (Fsp3) is 0.833. The van der Waals surface area contributed by atoms with E-state index in [1.165, 1.54) is 25.7 Å². The van der Waals surface area contributed by atoms with Gasteiger partial charge in [0.05, 0.1) is 0 Å². The van der Waals surface area contributed by atoms with Gasteiger partial charge in [-0.05, 0) is 48.9 Å². The van der Waals surface area contributed by atoms with Gasteiger partial charge in [-0.2, -0.15) is 0 Å². The summed E-state index contributed by atoms with van der Waals surface area (Å²) in [6, 6.07) is 0. The van der Waals surface area contributed by atoms with Crippen molar-refractivity contribution in [2.24, 2.45) is 23.2 Å². The Hall–Kier alpha value is -0.195. The Kier molecular flexibility index (Phi) is 2.29. The molecule has 2 bridgehead atoms. The zero-order valence-electron chi connectivity index (χ0n) is 8.79. The van der Waals surface area contributed by atoms with E-state index in [0.717, 1.165) is 17.8 Å². The lowest BCUT2D eigenvalue weighted by atomic mass is 9.45. The van der Waals surface area contributed by atoms with E-state index < -0.39 is 0 Å². The molecule has 70 valence electrons. The SMILES string of the molecule is [B]/C=C\C[C@H]1CC[C@@H]2C[C@H]1C2(C)C. The second kappa shape index (κ2) is 3.18. The monoisotopic (exact) mass is 174 g/mol. The zero-order chi connectivity index (χ0) is 9.47. The van der Waals surface area contributed by atoms with Crippen LogP contribution in [0.5, 0.6) is 0 Å². The molecule has 0 nitrogen and oxygen atoms in total. The molecule has 0 aromatic heterocycles. The van der Waals surface area contributed by atoms with Crippen molar-refractivity contribution in [3.05, 3.63) is 12.1 Å². The highest BCUT2D eigenvalue weighted by atomic mass is 14.6. The molecule has 3 aliphatic rings. The van der Waals surface area contributed by atoms with Crippen LogP contribution in [0.4, 0.5) is 0 Å². The van der Waals surface area contributed by atoms with Crippen molar-refractivity contribution in [3.63, 3.8) is 0 Å². The molecule has 0 amide bonds. The second-order valence-corrected chi connectivity index (χ2v) is 5.36. The molecule has 0 N–H and O–H groups in total. The molecule has 0 aliphatic heterocycles. The van der Waals surface area contributed by atoms with Crippen LogP contribution < -0.4 is 0 Å². The Morgan fingerprint density at radius 2 is 2.15 bits per heavy atom. The molecular weight excluding hydrogens is 155 g/mol. The van der Waals surface area contributed by atoms with Crippen LogP contribution >= 0.6 is 0 Å². The highest BCUT2D eigenvalue weighted by Crippen LogP contribution is 2.61. The first-order valence-electron chi connectivity index (χ1n) is 5.53. The smallest absolute Gasteiger partial charge is 0.102 e. The van der Waals surface area contributed by atoms with Crippen LogP contribution in [0.25, 0.3) is 0 Å². The van der Waals surface area contributed by atoms with E-state index in [2.05, 4.69) is 19.9 Å². The van der Waals surface area contributed by atoms with Gasteiger partial charge < -0.3 is 0 Å². The largest absolute Gasteiger partial charge is 0.135 e. The fourth-order valence-electron chi connectivity index (χ4n) is 3.50. The van der Waals surface area contributed by atoms with Gasteiger partial charge in [0, 0.05) is 0 Å². The normalized spacial score (nSPS) is 41.8. The lowest BCUT2D eigenvalue weighted by Gasteiger charge is -2.60. The van der Waals surface area contributed by atoms with Gasteiger partial charge in [-0.15, -0.1) is 5.98 Å². The van der Waals surface area contributed by atoms with Crippen molar-refractivity contribution >= 4 is 7.85 Å². The van der Waals surface area contributed by atoms with Gasteiger partial charge in [0.1, 0.15) is 7.85 Å². The van der Waals surface area contributed by atoms with Crippen LogP contribution in [0.1, 0.15) is 39.5 Å². The first kappa shape index (κ1) is 9.36. The van der Waals surface area contributed by atoms with E-state index in [9.17, 15) is 0 Å². The summed E-state index contributed by atoms with van der Waals surface area (Å²) in [4.78, 5) is 0. The van der Waals surface area contributed by atoms with E-state index in [1.807, 2.05) is 0 Å². The molecule has 3 saturated carbocycles. The summed E-state index contributed by atoms with van der Waals surface area (Å²) < 4.78 is 0. The lowest BCUT2D eigenvalue weighted by molar-refractivity contribution is -0.103. The van der Waals surface area contributed by atoms with Gasteiger partial charge in [-0.25, -0.2) is 0 Å². The van der Waals surface area contributed by atoms with E-state index in [-0.39, 0.29) is 0 Å². The molecule has 3 fully saturated rings. The Morgan fingerprint density at radius 1 is 1.38 bits per heavy atom.